The number of aromatic nitrogens is 1. The molecular formula is C22H19BrN2O4S. The molecule has 0 bridgehead atoms. The van der Waals surface area contributed by atoms with Crippen LogP contribution in [0.15, 0.2) is 52.3 Å². The second-order valence-corrected chi connectivity index (χ2v) is 8.86. The van der Waals surface area contributed by atoms with Gasteiger partial charge < -0.3 is 14.2 Å². The Morgan fingerprint density at radius 1 is 1.20 bits per heavy atom. The van der Waals surface area contributed by atoms with E-state index >= 15 is 0 Å². The summed E-state index contributed by atoms with van der Waals surface area (Å²) in [6.45, 7) is 1.30. The average Bonchev–Trinajstić information content (AvgIpc) is 3.53. The predicted molar refractivity (Wildman–Crippen MR) is 118 cm³/mol. The van der Waals surface area contributed by atoms with Gasteiger partial charge in [0, 0.05) is 22.0 Å². The maximum Gasteiger partial charge on any atom is 0.264 e. The van der Waals surface area contributed by atoms with E-state index in [1.54, 1.807) is 23.1 Å². The van der Waals surface area contributed by atoms with Crippen LogP contribution in [-0.4, -0.2) is 36.9 Å². The number of benzene rings is 2. The van der Waals surface area contributed by atoms with Crippen molar-refractivity contribution < 1.29 is 19.0 Å². The fraction of sp³-hybridized carbons (Fsp3) is 0.273. The molecule has 0 N–H and O–H groups in total. The van der Waals surface area contributed by atoms with Crippen LogP contribution in [0.4, 0.5) is 5.13 Å². The highest BCUT2D eigenvalue weighted by Crippen LogP contribution is 2.37. The fourth-order valence-corrected chi connectivity index (χ4v) is 4.73. The summed E-state index contributed by atoms with van der Waals surface area (Å²) in [6, 6.07) is 13.3. The number of fused-ring (bicyclic) bond motifs is 1. The predicted octanol–water partition coefficient (Wildman–Crippen LogP) is 5.13. The number of ether oxygens (including phenoxy) is 3. The highest BCUT2D eigenvalue weighted by atomic mass is 79.9. The first-order chi connectivity index (χ1) is 14.7. The summed E-state index contributed by atoms with van der Waals surface area (Å²) in [5, 5.41) is 2.62. The number of hydrogen-bond donors (Lipinski definition) is 0. The highest BCUT2D eigenvalue weighted by Gasteiger charge is 2.30. The van der Waals surface area contributed by atoms with Crippen molar-refractivity contribution in [1.82, 2.24) is 4.98 Å². The number of para-hydroxylation sites is 1. The smallest absolute Gasteiger partial charge is 0.264 e. The molecular weight excluding hydrogens is 468 g/mol. The molecule has 0 spiro atoms. The van der Waals surface area contributed by atoms with Crippen LogP contribution < -0.4 is 14.4 Å². The number of anilines is 1. The lowest BCUT2D eigenvalue weighted by Gasteiger charge is -2.23. The third-order valence-corrected chi connectivity index (χ3v) is 6.54. The van der Waals surface area contributed by atoms with Crippen molar-refractivity contribution in [2.45, 2.75) is 18.9 Å². The van der Waals surface area contributed by atoms with Crippen LogP contribution in [0.1, 0.15) is 23.2 Å². The first-order valence-corrected chi connectivity index (χ1v) is 11.4. The number of amides is 1. The molecule has 3 heterocycles. The molecule has 1 fully saturated rings. The Labute approximate surface area is 186 Å². The average molecular weight is 487 g/mol. The van der Waals surface area contributed by atoms with Gasteiger partial charge in [-0.1, -0.05) is 34.1 Å². The van der Waals surface area contributed by atoms with Crippen LogP contribution in [0.2, 0.25) is 0 Å². The standard InChI is InChI=1S/C22H19BrN2O4S/c23-15-8-6-14(7-9-15)18-12-30-22(24-18)25(11-16-3-2-10-27-16)21(26)17-4-1-5-19-20(17)29-13-28-19/h1,4-9,12,16H,2-3,10-11,13H2. The van der Waals surface area contributed by atoms with Crippen LogP contribution in [0.25, 0.3) is 11.3 Å². The minimum absolute atomic E-state index is 0.00269. The molecule has 1 atom stereocenters. The maximum atomic E-state index is 13.6. The van der Waals surface area contributed by atoms with Crippen molar-refractivity contribution in [2.24, 2.45) is 0 Å². The maximum absolute atomic E-state index is 13.6. The lowest BCUT2D eigenvalue weighted by atomic mass is 10.1. The largest absolute Gasteiger partial charge is 0.454 e. The second kappa shape index (κ2) is 8.37. The minimum atomic E-state index is -0.162. The van der Waals surface area contributed by atoms with Crippen LogP contribution in [0.5, 0.6) is 11.5 Å². The molecule has 2 aromatic carbocycles. The van der Waals surface area contributed by atoms with E-state index in [2.05, 4.69) is 15.9 Å². The van der Waals surface area contributed by atoms with E-state index in [4.69, 9.17) is 19.2 Å². The number of hydrogen-bond acceptors (Lipinski definition) is 6. The minimum Gasteiger partial charge on any atom is -0.454 e. The third-order valence-electron chi connectivity index (χ3n) is 5.15. The zero-order chi connectivity index (χ0) is 20.5. The van der Waals surface area contributed by atoms with Crippen molar-refractivity contribution >= 4 is 38.3 Å². The molecule has 0 saturated carbocycles. The van der Waals surface area contributed by atoms with Crippen molar-refractivity contribution in [3.63, 3.8) is 0 Å². The lowest BCUT2D eigenvalue weighted by Crippen LogP contribution is -2.37. The summed E-state index contributed by atoms with van der Waals surface area (Å²) >= 11 is 4.91. The molecule has 1 aromatic heterocycles. The van der Waals surface area contributed by atoms with Gasteiger partial charge in [0.05, 0.1) is 23.9 Å². The van der Waals surface area contributed by atoms with Crippen molar-refractivity contribution in [2.75, 3.05) is 24.8 Å². The molecule has 1 amide bonds. The van der Waals surface area contributed by atoms with Gasteiger partial charge >= 0.3 is 0 Å². The Morgan fingerprint density at radius 3 is 2.87 bits per heavy atom. The van der Waals surface area contributed by atoms with Gasteiger partial charge in [0.2, 0.25) is 6.79 Å². The number of thiazole rings is 1. The summed E-state index contributed by atoms with van der Waals surface area (Å²) in [5.41, 5.74) is 2.32. The summed E-state index contributed by atoms with van der Waals surface area (Å²) in [6.07, 6.45) is 1.94. The van der Waals surface area contributed by atoms with E-state index in [0.29, 0.717) is 28.7 Å². The molecule has 2 aliphatic heterocycles. The third kappa shape index (κ3) is 3.82. The highest BCUT2D eigenvalue weighted by molar-refractivity contribution is 9.10. The molecule has 8 heteroatoms. The lowest BCUT2D eigenvalue weighted by molar-refractivity contribution is 0.0913. The van der Waals surface area contributed by atoms with E-state index in [1.165, 1.54) is 11.3 Å². The normalized spacial score (nSPS) is 17.3. The summed E-state index contributed by atoms with van der Waals surface area (Å²) < 4.78 is 17.8. The fourth-order valence-electron chi connectivity index (χ4n) is 3.63. The number of carbonyl (C=O) groups is 1. The Balaban J connectivity index is 1.49. The van der Waals surface area contributed by atoms with E-state index < -0.39 is 0 Å². The van der Waals surface area contributed by atoms with Crippen molar-refractivity contribution in [3.05, 3.63) is 57.9 Å². The molecule has 6 nitrogen and oxygen atoms in total. The number of nitrogens with zero attached hydrogens (tertiary/aromatic N) is 2. The van der Waals surface area contributed by atoms with Gasteiger partial charge in [-0.2, -0.15) is 0 Å². The monoisotopic (exact) mass is 486 g/mol. The molecule has 0 radical (unpaired) electrons. The van der Waals surface area contributed by atoms with Crippen LogP contribution in [0.3, 0.4) is 0 Å². The van der Waals surface area contributed by atoms with Gasteiger partial charge in [0.1, 0.15) is 0 Å². The van der Waals surface area contributed by atoms with Gasteiger partial charge in [-0.15, -0.1) is 11.3 Å². The molecule has 30 heavy (non-hydrogen) atoms. The zero-order valence-electron chi connectivity index (χ0n) is 16.0. The van der Waals surface area contributed by atoms with Crippen LogP contribution in [-0.2, 0) is 4.74 Å². The van der Waals surface area contributed by atoms with E-state index in [9.17, 15) is 4.79 Å². The molecule has 1 unspecified atom stereocenters. The Bertz CT molecular complexity index is 1060. The Morgan fingerprint density at radius 2 is 2.07 bits per heavy atom. The van der Waals surface area contributed by atoms with Crippen LogP contribution >= 0.6 is 27.3 Å². The van der Waals surface area contributed by atoms with Gasteiger partial charge in [0.25, 0.3) is 5.91 Å². The van der Waals surface area contributed by atoms with Crippen molar-refractivity contribution in [3.8, 4) is 22.8 Å². The van der Waals surface area contributed by atoms with E-state index in [0.717, 1.165) is 35.2 Å². The van der Waals surface area contributed by atoms with Gasteiger partial charge in [-0.05, 0) is 37.1 Å². The van der Waals surface area contributed by atoms with E-state index in [1.807, 2.05) is 29.6 Å². The van der Waals surface area contributed by atoms with E-state index in [-0.39, 0.29) is 18.8 Å². The molecule has 154 valence electrons. The Hall–Kier alpha value is -2.42. The molecule has 0 aliphatic carbocycles. The van der Waals surface area contributed by atoms with Gasteiger partial charge in [0.15, 0.2) is 16.6 Å². The molecule has 5 rings (SSSR count). The second-order valence-electron chi connectivity index (χ2n) is 7.11. The number of carbonyl (C=O) groups excluding carboxylic acids is 1. The molecule has 3 aromatic rings. The topological polar surface area (TPSA) is 60.9 Å². The van der Waals surface area contributed by atoms with Gasteiger partial charge in [-0.3, -0.25) is 9.69 Å². The molecule has 1 saturated heterocycles. The summed E-state index contributed by atoms with van der Waals surface area (Å²) in [5.74, 6) is 0.918. The number of halogens is 1. The first kappa shape index (κ1) is 19.5. The summed E-state index contributed by atoms with van der Waals surface area (Å²) in [7, 11) is 0. The van der Waals surface area contributed by atoms with Crippen molar-refractivity contribution in [1.29, 1.82) is 0 Å². The Kier molecular flexibility index (Phi) is 5.45. The molecule has 2 aliphatic rings. The zero-order valence-corrected chi connectivity index (χ0v) is 18.4. The number of rotatable bonds is 5. The SMILES string of the molecule is O=C(c1cccc2c1OCO2)N(CC1CCCO1)c1nc(-c2ccc(Br)cc2)cs1. The first-order valence-electron chi connectivity index (χ1n) is 9.72. The van der Waals surface area contributed by atoms with Gasteiger partial charge in [-0.25, -0.2) is 4.98 Å². The summed E-state index contributed by atoms with van der Waals surface area (Å²) in [4.78, 5) is 20.1. The quantitative estimate of drug-likeness (QED) is 0.500. The van der Waals surface area contributed by atoms with Crippen LogP contribution in [0, 0.1) is 0 Å².